The number of carbonyl (C=O) groups excluding carboxylic acids is 1. The van der Waals surface area contributed by atoms with E-state index in [2.05, 4.69) is 34.0 Å². The summed E-state index contributed by atoms with van der Waals surface area (Å²) in [5, 5.41) is 8.99. The predicted molar refractivity (Wildman–Crippen MR) is 89.3 cm³/mol. The Bertz CT molecular complexity index is 558. The normalized spacial score (nSPS) is 12.1. The lowest BCUT2D eigenvalue weighted by Gasteiger charge is -2.13. The molecule has 0 aliphatic heterocycles. The molecule has 0 aliphatic carbocycles. The Balaban J connectivity index is 1.67. The maximum absolute atomic E-state index is 11.8. The summed E-state index contributed by atoms with van der Waals surface area (Å²) in [6, 6.07) is 4.15. The standard InChI is InChI=1S/C15H21N3OS2/c1-10(9-13-5-4-8-20-13)17-15(19)16-7-6-14-18-11(2)12(3)21-14/h4-5,8,10H,6-7,9H2,1-3H3,(H2,16,17,19). The van der Waals surface area contributed by atoms with Crippen LogP contribution in [0.2, 0.25) is 0 Å². The van der Waals surface area contributed by atoms with Crippen molar-refractivity contribution in [3.05, 3.63) is 38.0 Å². The molecule has 2 aromatic heterocycles. The first-order chi connectivity index (χ1) is 10.0. The fourth-order valence-electron chi connectivity index (χ4n) is 1.99. The topological polar surface area (TPSA) is 54.0 Å². The summed E-state index contributed by atoms with van der Waals surface area (Å²) in [6.45, 7) is 6.72. The van der Waals surface area contributed by atoms with E-state index in [1.807, 2.05) is 19.9 Å². The molecule has 1 unspecified atom stereocenters. The number of thiophene rings is 1. The van der Waals surface area contributed by atoms with Gasteiger partial charge in [-0.2, -0.15) is 0 Å². The smallest absolute Gasteiger partial charge is 0.315 e. The van der Waals surface area contributed by atoms with Crippen LogP contribution in [0.5, 0.6) is 0 Å². The molecule has 2 aromatic rings. The average molecular weight is 323 g/mol. The lowest BCUT2D eigenvalue weighted by Crippen LogP contribution is -2.42. The second-order valence-electron chi connectivity index (χ2n) is 5.08. The van der Waals surface area contributed by atoms with E-state index in [1.165, 1.54) is 9.75 Å². The largest absolute Gasteiger partial charge is 0.338 e. The molecule has 21 heavy (non-hydrogen) atoms. The summed E-state index contributed by atoms with van der Waals surface area (Å²) in [7, 11) is 0. The highest BCUT2D eigenvalue weighted by Gasteiger charge is 2.09. The number of urea groups is 1. The molecule has 1 atom stereocenters. The highest BCUT2D eigenvalue weighted by atomic mass is 32.1. The van der Waals surface area contributed by atoms with Crippen LogP contribution in [0.3, 0.4) is 0 Å². The number of aryl methyl sites for hydroxylation is 2. The zero-order chi connectivity index (χ0) is 15.2. The number of rotatable bonds is 6. The zero-order valence-corrected chi connectivity index (χ0v) is 14.2. The van der Waals surface area contributed by atoms with Crippen LogP contribution >= 0.6 is 22.7 Å². The minimum Gasteiger partial charge on any atom is -0.338 e. The molecule has 4 nitrogen and oxygen atoms in total. The van der Waals surface area contributed by atoms with Crippen LogP contribution in [0.1, 0.15) is 27.4 Å². The Morgan fingerprint density at radius 3 is 2.86 bits per heavy atom. The SMILES string of the molecule is Cc1nc(CCNC(=O)NC(C)Cc2cccs2)sc1C. The number of nitrogens with one attached hydrogen (secondary N) is 2. The molecule has 2 heterocycles. The fourth-order valence-corrected chi connectivity index (χ4v) is 3.75. The van der Waals surface area contributed by atoms with Gasteiger partial charge in [-0.05, 0) is 32.2 Å². The van der Waals surface area contributed by atoms with Gasteiger partial charge >= 0.3 is 6.03 Å². The van der Waals surface area contributed by atoms with E-state index in [1.54, 1.807) is 22.7 Å². The third-order valence-corrected chi connectivity index (χ3v) is 5.19. The molecule has 0 saturated carbocycles. The second-order valence-corrected chi connectivity index (χ2v) is 7.40. The Kier molecular flexibility index (Phi) is 5.76. The minimum atomic E-state index is -0.107. The molecule has 0 bridgehead atoms. The van der Waals surface area contributed by atoms with E-state index in [0.29, 0.717) is 6.54 Å². The second kappa shape index (κ2) is 7.56. The molecule has 0 fully saturated rings. The number of hydrogen-bond donors (Lipinski definition) is 2. The number of amides is 2. The monoisotopic (exact) mass is 323 g/mol. The Morgan fingerprint density at radius 2 is 2.24 bits per heavy atom. The summed E-state index contributed by atoms with van der Waals surface area (Å²) in [5.74, 6) is 0. The highest BCUT2D eigenvalue weighted by Crippen LogP contribution is 2.16. The first-order valence-electron chi connectivity index (χ1n) is 7.04. The van der Waals surface area contributed by atoms with Gasteiger partial charge in [-0.15, -0.1) is 22.7 Å². The van der Waals surface area contributed by atoms with Gasteiger partial charge in [0.1, 0.15) is 0 Å². The molecule has 0 aliphatic rings. The quantitative estimate of drug-likeness (QED) is 0.857. The number of nitrogens with zero attached hydrogens (tertiary/aromatic N) is 1. The van der Waals surface area contributed by atoms with Crippen LogP contribution in [0, 0.1) is 13.8 Å². The van der Waals surface area contributed by atoms with Crippen molar-refractivity contribution in [1.29, 1.82) is 0 Å². The van der Waals surface area contributed by atoms with Crippen molar-refractivity contribution in [3.8, 4) is 0 Å². The van der Waals surface area contributed by atoms with Gasteiger partial charge < -0.3 is 10.6 Å². The first-order valence-corrected chi connectivity index (χ1v) is 8.74. The van der Waals surface area contributed by atoms with Crippen LogP contribution in [-0.4, -0.2) is 23.6 Å². The Labute approximate surface area is 133 Å². The molecule has 6 heteroatoms. The average Bonchev–Trinajstić information content (AvgIpc) is 3.00. The van der Waals surface area contributed by atoms with E-state index in [4.69, 9.17) is 0 Å². The van der Waals surface area contributed by atoms with Gasteiger partial charge in [-0.25, -0.2) is 9.78 Å². The van der Waals surface area contributed by atoms with E-state index >= 15 is 0 Å². The third-order valence-electron chi connectivity index (χ3n) is 3.16. The van der Waals surface area contributed by atoms with Crippen molar-refractivity contribution in [3.63, 3.8) is 0 Å². The summed E-state index contributed by atoms with van der Waals surface area (Å²) < 4.78 is 0. The number of thiazole rings is 1. The lowest BCUT2D eigenvalue weighted by atomic mass is 10.2. The van der Waals surface area contributed by atoms with Crippen molar-refractivity contribution in [2.45, 2.75) is 39.7 Å². The lowest BCUT2D eigenvalue weighted by molar-refractivity contribution is 0.238. The predicted octanol–water partition coefficient (Wildman–Crippen LogP) is 3.29. The number of carbonyl (C=O) groups is 1. The fraction of sp³-hybridized carbons (Fsp3) is 0.467. The van der Waals surface area contributed by atoms with Crippen molar-refractivity contribution in [2.75, 3.05) is 6.54 Å². The van der Waals surface area contributed by atoms with Crippen LogP contribution in [0.25, 0.3) is 0 Å². The van der Waals surface area contributed by atoms with Crippen LogP contribution < -0.4 is 10.6 Å². The van der Waals surface area contributed by atoms with Crippen molar-refractivity contribution in [2.24, 2.45) is 0 Å². The van der Waals surface area contributed by atoms with Crippen LogP contribution in [0.15, 0.2) is 17.5 Å². The summed E-state index contributed by atoms with van der Waals surface area (Å²) >= 11 is 3.42. The van der Waals surface area contributed by atoms with Gasteiger partial charge in [0, 0.05) is 35.2 Å². The first kappa shape index (κ1) is 16.0. The van der Waals surface area contributed by atoms with Crippen molar-refractivity contribution < 1.29 is 4.79 Å². The Hall–Kier alpha value is -1.40. The van der Waals surface area contributed by atoms with Crippen molar-refractivity contribution >= 4 is 28.7 Å². The van der Waals surface area contributed by atoms with Crippen LogP contribution in [0.4, 0.5) is 4.79 Å². The molecule has 0 aromatic carbocycles. The molecular weight excluding hydrogens is 302 g/mol. The summed E-state index contributed by atoms with van der Waals surface area (Å²) in [4.78, 5) is 18.8. The van der Waals surface area contributed by atoms with Gasteiger partial charge in [-0.1, -0.05) is 6.07 Å². The van der Waals surface area contributed by atoms with Gasteiger partial charge in [0.05, 0.1) is 10.7 Å². The summed E-state index contributed by atoms with van der Waals surface area (Å²) in [6.07, 6.45) is 1.65. The van der Waals surface area contributed by atoms with E-state index in [0.717, 1.165) is 23.5 Å². The highest BCUT2D eigenvalue weighted by molar-refractivity contribution is 7.11. The van der Waals surface area contributed by atoms with E-state index in [9.17, 15) is 4.79 Å². The van der Waals surface area contributed by atoms with Crippen molar-refractivity contribution in [1.82, 2.24) is 15.6 Å². The maximum Gasteiger partial charge on any atom is 0.315 e. The molecule has 0 saturated heterocycles. The van der Waals surface area contributed by atoms with Gasteiger partial charge in [0.2, 0.25) is 0 Å². The summed E-state index contributed by atoms with van der Waals surface area (Å²) in [5.41, 5.74) is 1.09. The molecule has 0 spiro atoms. The zero-order valence-electron chi connectivity index (χ0n) is 12.6. The van der Waals surface area contributed by atoms with E-state index in [-0.39, 0.29) is 12.1 Å². The number of aromatic nitrogens is 1. The van der Waals surface area contributed by atoms with E-state index < -0.39 is 0 Å². The van der Waals surface area contributed by atoms with Gasteiger partial charge in [-0.3, -0.25) is 0 Å². The minimum absolute atomic E-state index is 0.107. The van der Waals surface area contributed by atoms with Gasteiger partial charge in [0.15, 0.2) is 0 Å². The third kappa shape index (κ3) is 5.13. The molecular formula is C15H21N3OS2. The molecule has 0 radical (unpaired) electrons. The molecule has 2 amide bonds. The Morgan fingerprint density at radius 1 is 1.43 bits per heavy atom. The maximum atomic E-state index is 11.8. The molecule has 2 rings (SSSR count). The molecule has 2 N–H and O–H groups in total. The van der Waals surface area contributed by atoms with Gasteiger partial charge in [0.25, 0.3) is 0 Å². The van der Waals surface area contributed by atoms with Crippen LogP contribution in [-0.2, 0) is 12.8 Å². The molecule has 114 valence electrons. The number of hydrogen-bond acceptors (Lipinski definition) is 4.